The number of hydrogen-bond donors (Lipinski definition) is 1. The van der Waals surface area contributed by atoms with Gasteiger partial charge in [-0.15, -0.1) is 11.3 Å². The molecule has 3 heteroatoms. The van der Waals surface area contributed by atoms with E-state index < -0.39 is 0 Å². The molecule has 0 aliphatic rings. The van der Waals surface area contributed by atoms with Crippen molar-refractivity contribution in [1.82, 2.24) is 10.3 Å². The lowest BCUT2D eigenvalue weighted by Gasteiger charge is -2.09. The van der Waals surface area contributed by atoms with Crippen LogP contribution in [-0.2, 0) is 0 Å². The van der Waals surface area contributed by atoms with Crippen molar-refractivity contribution in [3.63, 3.8) is 0 Å². The summed E-state index contributed by atoms with van der Waals surface area (Å²) >= 11 is 1.79. The van der Waals surface area contributed by atoms with E-state index in [1.807, 2.05) is 6.20 Å². The lowest BCUT2D eigenvalue weighted by atomic mass is 10.0. The minimum absolute atomic E-state index is 0.380. The molecule has 2 nitrogen and oxygen atoms in total. The van der Waals surface area contributed by atoms with Gasteiger partial charge in [0.25, 0.3) is 0 Å². The van der Waals surface area contributed by atoms with Crippen molar-refractivity contribution in [2.75, 3.05) is 6.54 Å². The zero-order chi connectivity index (χ0) is 13.1. The maximum absolute atomic E-state index is 4.59. The third-order valence-corrected chi connectivity index (χ3v) is 4.35. The monoisotopic (exact) mass is 260 g/mol. The van der Waals surface area contributed by atoms with Gasteiger partial charge in [0, 0.05) is 22.7 Å². The Balaban J connectivity index is 2.35. The van der Waals surface area contributed by atoms with E-state index in [9.17, 15) is 0 Å². The van der Waals surface area contributed by atoms with Crippen LogP contribution >= 0.6 is 11.3 Å². The van der Waals surface area contributed by atoms with Crippen LogP contribution in [0.15, 0.2) is 24.4 Å². The zero-order valence-electron chi connectivity index (χ0n) is 11.4. The minimum Gasteiger partial charge on any atom is -0.310 e. The van der Waals surface area contributed by atoms with E-state index in [0.29, 0.717) is 6.04 Å². The smallest absolute Gasteiger partial charge is 0.124 e. The number of nitrogens with one attached hydrogen (secondary N) is 1. The zero-order valence-corrected chi connectivity index (χ0v) is 12.3. The summed E-state index contributed by atoms with van der Waals surface area (Å²) in [6.07, 6.45) is 2.00. The predicted octanol–water partition coefficient (Wildman–Crippen LogP) is 4.10. The SMILES string of the molecule is CCNC(C)c1cnc(-c2c(C)cccc2C)s1. The summed E-state index contributed by atoms with van der Waals surface area (Å²) in [5.41, 5.74) is 3.89. The van der Waals surface area contributed by atoms with Crippen molar-refractivity contribution < 1.29 is 0 Å². The average molecular weight is 260 g/mol. The first-order valence-corrected chi connectivity index (χ1v) is 7.20. The third kappa shape index (κ3) is 2.62. The van der Waals surface area contributed by atoms with Crippen LogP contribution in [0.2, 0.25) is 0 Å². The van der Waals surface area contributed by atoms with Crippen LogP contribution in [-0.4, -0.2) is 11.5 Å². The van der Waals surface area contributed by atoms with E-state index in [-0.39, 0.29) is 0 Å². The first-order valence-electron chi connectivity index (χ1n) is 6.39. The molecule has 1 aromatic heterocycles. The summed E-state index contributed by atoms with van der Waals surface area (Å²) in [4.78, 5) is 5.89. The van der Waals surface area contributed by atoms with Gasteiger partial charge in [0.1, 0.15) is 5.01 Å². The van der Waals surface area contributed by atoms with Crippen LogP contribution in [0.4, 0.5) is 0 Å². The van der Waals surface area contributed by atoms with Crippen molar-refractivity contribution >= 4 is 11.3 Å². The molecule has 1 heterocycles. The van der Waals surface area contributed by atoms with Gasteiger partial charge in [-0.3, -0.25) is 0 Å². The number of rotatable bonds is 4. The number of aromatic nitrogens is 1. The molecule has 1 aromatic carbocycles. The van der Waals surface area contributed by atoms with E-state index >= 15 is 0 Å². The molecule has 1 unspecified atom stereocenters. The Hall–Kier alpha value is -1.19. The highest BCUT2D eigenvalue weighted by atomic mass is 32.1. The molecule has 96 valence electrons. The molecule has 0 amide bonds. The van der Waals surface area contributed by atoms with Crippen LogP contribution in [0.25, 0.3) is 10.6 Å². The minimum atomic E-state index is 0.380. The number of nitrogens with zero attached hydrogens (tertiary/aromatic N) is 1. The second kappa shape index (κ2) is 5.63. The van der Waals surface area contributed by atoms with Gasteiger partial charge in [-0.1, -0.05) is 25.1 Å². The molecule has 18 heavy (non-hydrogen) atoms. The quantitative estimate of drug-likeness (QED) is 0.895. The largest absolute Gasteiger partial charge is 0.310 e. The Morgan fingerprint density at radius 1 is 1.28 bits per heavy atom. The number of hydrogen-bond acceptors (Lipinski definition) is 3. The Morgan fingerprint density at radius 2 is 1.94 bits per heavy atom. The molecule has 2 aromatic rings. The highest BCUT2D eigenvalue weighted by molar-refractivity contribution is 7.15. The molecular formula is C15H20N2S. The van der Waals surface area contributed by atoms with Crippen molar-refractivity contribution in [1.29, 1.82) is 0 Å². The second-order valence-electron chi connectivity index (χ2n) is 4.61. The molecule has 0 radical (unpaired) electrons. The number of benzene rings is 1. The van der Waals surface area contributed by atoms with Gasteiger partial charge in [0.2, 0.25) is 0 Å². The first kappa shape index (κ1) is 13.2. The lowest BCUT2D eigenvalue weighted by Crippen LogP contribution is -2.16. The summed E-state index contributed by atoms with van der Waals surface area (Å²) in [7, 11) is 0. The molecule has 2 rings (SSSR count). The van der Waals surface area contributed by atoms with Gasteiger partial charge in [-0.25, -0.2) is 4.98 Å². The fourth-order valence-corrected chi connectivity index (χ4v) is 3.28. The van der Waals surface area contributed by atoms with Crippen LogP contribution in [0.5, 0.6) is 0 Å². The second-order valence-corrected chi connectivity index (χ2v) is 5.68. The van der Waals surface area contributed by atoms with Gasteiger partial charge < -0.3 is 5.32 Å². The summed E-state index contributed by atoms with van der Waals surface area (Å²) < 4.78 is 0. The molecule has 0 saturated carbocycles. The standard InChI is InChI=1S/C15H20N2S/c1-5-16-12(4)13-9-17-15(18-13)14-10(2)7-6-8-11(14)3/h6-9,12,16H,5H2,1-4H3. The topological polar surface area (TPSA) is 24.9 Å². The van der Waals surface area contributed by atoms with Crippen molar-refractivity contribution in [3.05, 3.63) is 40.4 Å². The van der Waals surface area contributed by atoms with Crippen LogP contribution in [0, 0.1) is 13.8 Å². The van der Waals surface area contributed by atoms with E-state index in [1.54, 1.807) is 11.3 Å². The Kier molecular flexibility index (Phi) is 4.15. The van der Waals surface area contributed by atoms with E-state index in [1.165, 1.54) is 21.6 Å². The van der Waals surface area contributed by atoms with Gasteiger partial charge >= 0.3 is 0 Å². The molecule has 0 spiro atoms. The summed E-state index contributed by atoms with van der Waals surface area (Å²) in [6, 6.07) is 6.78. The summed E-state index contributed by atoms with van der Waals surface area (Å²) in [5.74, 6) is 0. The fraction of sp³-hybridized carbons (Fsp3) is 0.400. The molecule has 1 N–H and O–H groups in total. The van der Waals surface area contributed by atoms with Crippen LogP contribution < -0.4 is 5.32 Å². The maximum atomic E-state index is 4.59. The molecule has 0 aliphatic carbocycles. The Morgan fingerprint density at radius 3 is 2.56 bits per heavy atom. The maximum Gasteiger partial charge on any atom is 0.124 e. The lowest BCUT2D eigenvalue weighted by molar-refractivity contribution is 0.606. The molecule has 0 bridgehead atoms. The number of aryl methyl sites for hydroxylation is 2. The normalized spacial score (nSPS) is 12.7. The van der Waals surface area contributed by atoms with Crippen LogP contribution in [0.1, 0.15) is 35.9 Å². The Labute approximate surface area is 113 Å². The molecule has 0 fully saturated rings. The fourth-order valence-electron chi connectivity index (χ4n) is 2.16. The van der Waals surface area contributed by atoms with E-state index in [0.717, 1.165) is 11.6 Å². The summed E-state index contributed by atoms with van der Waals surface area (Å²) in [6.45, 7) is 9.60. The predicted molar refractivity (Wildman–Crippen MR) is 79.1 cm³/mol. The van der Waals surface area contributed by atoms with E-state index in [2.05, 4.69) is 56.2 Å². The van der Waals surface area contributed by atoms with Gasteiger partial charge in [0.05, 0.1) is 0 Å². The van der Waals surface area contributed by atoms with Crippen molar-refractivity contribution in [2.45, 2.75) is 33.7 Å². The van der Waals surface area contributed by atoms with Crippen LogP contribution in [0.3, 0.4) is 0 Å². The summed E-state index contributed by atoms with van der Waals surface area (Å²) in [5, 5.41) is 4.56. The Bertz CT molecular complexity index is 511. The molecule has 1 atom stereocenters. The highest BCUT2D eigenvalue weighted by Gasteiger charge is 2.12. The average Bonchev–Trinajstić information content (AvgIpc) is 2.78. The highest BCUT2D eigenvalue weighted by Crippen LogP contribution is 2.32. The van der Waals surface area contributed by atoms with E-state index in [4.69, 9.17) is 0 Å². The number of thiazole rings is 1. The molecular weight excluding hydrogens is 240 g/mol. The molecule has 0 saturated heterocycles. The van der Waals surface area contributed by atoms with Gasteiger partial charge in [-0.05, 0) is 38.4 Å². The van der Waals surface area contributed by atoms with Gasteiger partial charge in [0.15, 0.2) is 0 Å². The first-order chi connectivity index (χ1) is 8.63. The van der Waals surface area contributed by atoms with Crippen molar-refractivity contribution in [2.24, 2.45) is 0 Å². The molecule has 0 aliphatic heterocycles. The van der Waals surface area contributed by atoms with Crippen molar-refractivity contribution in [3.8, 4) is 10.6 Å². The van der Waals surface area contributed by atoms with Gasteiger partial charge in [-0.2, -0.15) is 0 Å². The third-order valence-electron chi connectivity index (χ3n) is 3.16.